The Labute approximate surface area is 75.7 Å². The summed E-state index contributed by atoms with van der Waals surface area (Å²) in [6, 6.07) is 0. The first-order valence-corrected chi connectivity index (χ1v) is 4.17. The van der Waals surface area contributed by atoms with Gasteiger partial charge >= 0.3 is 11.9 Å². The van der Waals surface area contributed by atoms with Crippen molar-refractivity contribution < 1.29 is 23.4 Å². The summed E-state index contributed by atoms with van der Waals surface area (Å²) >= 11 is 0. The molecule has 0 amide bonds. The van der Waals surface area contributed by atoms with Crippen LogP contribution in [0.4, 0.5) is 8.78 Å². The van der Waals surface area contributed by atoms with E-state index in [9.17, 15) is 13.6 Å². The molecule has 0 aromatic carbocycles. The average Bonchev–Trinajstić information content (AvgIpc) is 2.04. The van der Waals surface area contributed by atoms with Crippen LogP contribution in [0.2, 0.25) is 0 Å². The molecule has 0 saturated heterocycles. The van der Waals surface area contributed by atoms with Gasteiger partial charge in [-0.05, 0) is 13.3 Å². The number of hydrogen-bond acceptors (Lipinski definition) is 3. The van der Waals surface area contributed by atoms with Gasteiger partial charge < -0.3 is 9.84 Å². The molecule has 0 radical (unpaired) electrons. The highest BCUT2D eigenvalue weighted by Crippen LogP contribution is 2.23. The summed E-state index contributed by atoms with van der Waals surface area (Å²) in [6.07, 6.45) is -1.85. The summed E-state index contributed by atoms with van der Waals surface area (Å²) in [6.45, 7) is 2.92. The van der Waals surface area contributed by atoms with E-state index in [1.54, 1.807) is 6.92 Å². The van der Waals surface area contributed by atoms with Crippen molar-refractivity contribution in [1.82, 2.24) is 0 Å². The summed E-state index contributed by atoms with van der Waals surface area (Å²) < 4.78 is 29.8. The van der Waals surface area contributed by atoms with Crippen LogP contribution in [0, 0.1) is 0 Å². The number of esters is 1. The molecule has 0 rings (SSSR count). The zero-order valence-corrected chi connectivity index (χ0v) is 7.72. The molecule has 0 bridgehead atoms. The number of carbonyl (C=O) groups excluding carboxylic acids is 1. The molecule has 0 aliphatic carbocycles. The number of alkyl halides is 2. The van der Waals surface area contributed by atoms with Gasteiger partial charge in [0.15, 0.2) is 0 Å². The first-order valence-electron chi connectivity index (χ1n) is 4.17. The lowest BCUT2D eigenvalue weighted by molar-refractivity contribution is -0.175. The van der Waals surface area contributed by atoms with Crippen LogP contribution in [0.15, 0.2) is 0 Å². The maximum Gasteiger partial charge on any atom is 0.377 e. The summed E-state index contributed by atoms with van der Waals surface area (Å²) in [5.74, 6) is -5.15. The van der Waals surface area contributed by atoms with Crippen LogP contribution in [0.25, 0.3) is 0 Å². The largest absolute Gasteiger partial charge is 0.462 e. The van der Waals surface area contributed by atoms with Crippen molar-refractivity contribution in [1.29, 1.82) is 0 Å². The van der Waals surface area contributed by atoms with Gasteiger partial charge in [0.25, 0.3) is 0 Å². The summed E-state index contributed by atoms with van der Waals surface area (Å²) in [5.41, 5.74) is 0. The fourth-order valence-corrected chi connectivity index (χ4v) is 0.760. The molecule has 0 spiro atoms. The van der Waals surface area contributed by atoms with Gasteiger partial charge in [0.2, 0.25) is 0 Å². The van der Waals surface area contributed by atoms with Crippen LogP contribution in [0.3, 0.4) is 0 Å². The summed E-state index contributed by atoms with van der Waals surface area (Å²) in [5, 5.41) is 8.92. The van der Waals surface area contributed by atoms with E-state index in [0.717, 1.165) is 0 Å². The Kier molecular flexibility index (Phi) is 4.83. The number of aliphatic hydroxyl groups excluding tert-OH is 1. The third-order valence-electron chi connectivity index (χ3n) is 1.54. The van der Waals surface area contributed by atoms with Crippen LogP contribution in [-0.2, 0) is 9.53 Å². The van der Waals surface area contributed by atoms with Crippen molar-refractivity contribution in [3.63, 3.8) is 0 Å². The van der Waals surface area contributed by atoms with Gasteiger partial charge in [0, 0.05) is 6.42 Å². The zero-order valence-electron chi connectivity index (χ0n) is 7.72. The monoisotopic (exact) mass is 196 g/mol. The number of rotatable bonds is 5. The minimum Gasteiger partial charge on any atom is -0.462 e. The van der Waals surface area contributed by atoms with Gasteiger partial charge in [0.1, 0.15) is 0 Å². The van der Waals surface area contributed by atoms with Crippen molar-refractivity contribution in [3.8, 4) is 0 Å². The zero-order chi connectivity index (χ0) is 10.5. The van der Waals surface area contributed by atoms with E-state index in [0.29, 0.717) is 0 Å². The number of carbonyl (C=O) groups is 1. The molecule has 0 fully saturated rings. The molecule has 1 N–H and O–H groups in total. The van der Waals surface area contributed by atoms with Crippen LogP contribution >= 0.6 is 0 Å². The maximum atomic E-state index is 12.8. The number of hydrogen-bond donors (Lipinski definition) is 1. The van der Waals surface area contributed by atoms with Crippen molar-refractivity contribution in [2.75, 3.05) is 6.61 Å². The van der Waals surface area contributed by atoms with Crippen LogP contribution in [0.5, 0.6) is 0 Å². The van der Waals surface area contributed by atoms with E-state index < -0.39 is 24.4 Å². The predicted octanol–water partition coefficient (Wildman–Crippen LogP) is 1.35. The van der Waals surface area contributed by atoms with Gasteiger partial charge in [-0.15, -0.1) is 0 Å². The molecule has 78 valence electrons. The van der Waals surface area contributed by atoms with E-state index in [2.05, 4.69) is 4.74 Å². The van der Waals surface area contributed by atoms with Crippen molar-refractivity contribution >= 4 is 5.97 Å². The minimum atomic E-state index is -3.58. The molecule has 3 nitrogen and oxygen atoms in total. The third kappa shape index (κ3) is 4.17. The lowest BCUT2D eigenvalue weighted by Crippen LogP contribution is -2.34. The van der Waals surface area contributed by atoms with Crippen LogP contribution in [-0.4, -0.2) is 29.7 Å². The van der Waals surface area contributed by atoms with Crippen LogP contribution in [0.1, 0.15) is 26.7 Å². The lowest BCUT2D eigenvalue weighted by atomic mass is 10.1. The molecule has 0 aromatic heterocycles. The molecule has 5 heteroatoms. The van der Waals surface area contributed by atoms with Crippen molar-refractivity contribution in [2.45, 2.75) is 38.7 Å². The smallest absolute Gasteiger partial charge is 0.377 e. The fraction of sp³-hybridized carbons (Fsp3) is 0.875. The van der Waals surface area contributed by atoms with E-state index in [4.69, 9.17) is 5.11 Å². The fourth-order valence-electron chi connectivity index (χ4n) is 0.760. The Morgan fingerprint density at radius 2 is 2.08 bits per heavy atom. The highest BCUT2D eigenvalue weighted by molar-refractivity contribution is 5.77. The Balaban J connectivity index is 4.13. The van der Waals surface area contributed by atoms with E-state index in [-0.39, 0.29) is 13.0 Å². The molecule has 0 aliphatic heterocycles. The molecule has 0 saturated carbocycles. The van der Waals surface area contributed by atoms with Gasteiger partial charge in [-0.1, -0.05) is 6.92 Å². The third-order valence-corrected chi connectivity index (χ3v) is 1.54. The quantitative estimate of drug-likeness (QED) is 0.675. The van der Waals surface area contributed by atoms with Crippen LogP contribution < -0.4 is 0 Å². The second kappa shape index (κ2) is 5.11. The number of ether oxygens (including phenoxy) is 1. The summed E-state index contributed by atoms with van der Waals surface area (Å²) in [7, 11) is 0. The molecule has 0 heterocycles. The molecule has 1 atom stereocenters. The first-order chi connectivity index (χ1) is 5.94. The van der Waals surface area contributed by atoms with E-state index >= 15 is 0 Å². The van der Waals surface area contributed by atoms with Gasteiger partial charge in [-0.3, -0.25) is 0 Å². The highest BCUT2D eigenvalue weighted by atomic mass is 19.3. The average molecular weight is 196 g/mol. The van der Waals surface area contributed by atoms with E-state index in [1.807, 2.05) is 0 Å². The molecule has 13 heavy (non-hydrogen) atoms. The predicted molar refractivity (Wildman–Crippen MR) is 42.5 cm³/mol. The molecule has 0 aromatic rings. The minimum absolute atomic E-state index is 0.0867. The highest BCUT2D eigenvalue weighted by Gasteiger charge is 2.41. The number of halogens is 2. The lowest BCUT2D eigenvalue weighted by Gasteiger charge is -2.16. The standard InChI is InChI=1S/C8H14F2O3/c1-3-6(11)5-8(9,10)7(12)13-4-2/h6,11H,3-5H2,1-2H3/t6-/m1/s1. The van der Waals surface area contributed by atoms with E-state index in [1.165, 1.54) is 6.92 Å². The first kappa shape index (κ1) is 12.3. The normalized spacial score (nSPS) is 13.9. The topological polar surface area (TPSA) is 46.5 Å². The second-order valence-electron chi connectivity index (χ2n) is 2.69. The summed E-state index contributed by atoms with van der Waals surface area (Å²) in [4.78, 5) is 10.6. The Morgan fingerprint density at radius 3 is 2.46 bits per heavy atom. The van der Waals surface area contributed by atoms with Gasteiger partial charge in [0.05, 0.1) is 12.7 Å². The Morgan fingerprint density at radius 1 is 1.54 bits per heavy atom. The SMILES string of the molecule is CCOC(=O)C(F)(F)C[C@H](O)CC. The van der Waals surface area contributed by atoms with Gasteiger partial charge in [-0.25, -0.2) is 4.79 Å². The molecular formula is C8H14F2O3. The number of aliphatic hydroxyl groups is 1. The second-order valence-corrected chi connectivity index (χ2v) is 2.69. The maximum absolute atomic E-state index is 12.8. The Bertz CT molecular complexity index is 171. The molecular weight excluding hydrogens is 182 g/mol. The van der Waals surface area contributed by atoms with Crippen molar-refractivity contribution in [2.24, 2.45) is 0 Å². The Hall–Kier alpha value is -0.710. The van der Waals surface area contributed by atoms with Gasteiger partial charge in [-0.2, -0.15) is 8.78 Å². The molecule has 0 unspecified atom stereocenters. The van der Waals surface area contributed by atoms with Crippen molar-refractivity contribution in [3.05, 3.63) is 0 Å². The molecule has 0 aliphatic rings.